The minimum Gasteiger partial charge on any atom is -0.385 e. The van der Waals surface area contributed by atoms with Crippen LogP contribution in [-0.2, 0) is 9.53 Å². The Kier molecular flexibility index (Phi) is 4.34. The van der Waals surface area contributed by atoms with Gasteiger partial charge in [0.05, 0.1) is 0 Å². The molecule has 11 heavy (non-hydrogen) atoms. The first kappa shape index (κ1) is 10.6. The molecule has 0 spiro atoms. The highest BCUT2D eigenvalue weighted by molar-refractivity contribution is 5.81. The summed E-state index contributed by atoms with van der Waals surface area (Å²) >= 11 is 0. The lowest BCUT2D eigenvalue weighted by molar-refractivity contribution is -0.126. The highest BCUT2D eigenvalue weighted by atomic mass is 16.5. The van der Waals surface area contributed by atoms with Gasteiger partial charge in [0, 0.05) is 19.1 Å². The lowest BCUT2D eigenvalue weighted by Crippen LogP contribution is -2.26. The zero-order chi connectivity index (χ0) is 8.91. The van der Waals surface area contributed by atoms with Crippen molar-refractivity contribution in [1.82, 2.24) is 0 Å². The van der Waals surface area contributed by atoms with E-state index in [2.05, 4.69) is 0 Å². The van der Waals surface area contributed by atoms with Crippen LogP contribution in [0, 0.1) is 5.41 Å². The van der Waals surface area contributed by atoms with Gasteiger partial charge in [0.25, 0.3) is 0 Å². The van der Waals surface area contributed by atoms with Gasteiger partial charge in [-0.15, -0.1) is 0 Å². The normalized spacial score (nSPS) is 16.0. The summed E-state index contributed by atoms with van der Waals surface area (Å²) in [6.07, 6.45) is 1.72. The molecule has 0 rings (SSSR count). The fourth-order valence-electron chi connectivity index (χ4n) is 0.929. The van der Waals surface area contributed by atoms with Crippen LogP contribution >= 0.6 is 0 Å². The maximum Gasteiger partial charge on any atom is 0.135 e. The van der Waals surface area contributed by atoms with Crippen LogP contribution in [0.15, 0.2) is 0 Å². The molecule has 0 fully saturated rings. The summed E-state index contributed by atoms with van der Waals surface area (Å²) in [5.74, 6) is 0.261. The van der Waals surface area contributed by atoms with E-state index in [1.165, 1.54) is 0 Å². The predicted molar refractivity (Wildman–Crippen MR) is 45.6 cm³/mol. The number of ketones is 1. The second-order valence-corrected chi connectivity index (χ2v) is 3.21. The standard InChI is InChI=1S/C9H18O2/c1-5-9(3,8(2)10)6-7-11-4/h5-7H2,1-4H3. The molecule has 0 heterocycles. The molecular weight excluding hydrogens is 140 g/mol. The quantitative estimate of drug-likeness (QED) is 0.612. The first-order valence-electron chi connectivity index (χ1n) is 4.07. The van der Waals surface area contributed by atoms with Crippen molar-refractivity contribution in [3.63, 3.8) is 0 Å². The van der Waals surface area contributed by atoms with Crippen molar-refractivity contribution in [2.45, 2.75) is 33.6 Å². The average Bonchev–Trinajstić information content (AvgIpc) is 2.00. The molecule has 0 radical (unpaired) electrons. The third-order valence-corrected chi connectivity index (χ3v) is 2.49. The second kappa shape index (κ2) is 4.50. The molecule has 0 aliphatic rings. The van der Waals surface area contributed by atoms with Gasteiger partial charge in [-0.3, -0.25) is 4.79 Å². The molecule has 0 aromatic rings. The van der Waals surface area contributed by atoms with Gasteiger partial charge in [0.2, 0.25) is 0 Å². The predicted octanol–water partition coefficient (Wildman–Crippen LogP) is 2.03. The fraction of sp³-hybridized carbons (Fsp3) is 0.889. The van der Waals surface area contributed by atoms with Gasteiger partial charge in [-0.1, -0.05) is 13.8 Å². The number of methoxy groups -OCH3 is 1. The van der Waals surface area contributed by atoms with E-state index < -0.39 is 0 Å². The summed E-state index contributed by atoms with van der Waals surface area (Å²) in [6.45, 7) is 6.36. The van der Waals surface area contributed by atoms with E-state index >= 15 is 0 Å². The van der Waals surface area contributed by atoms with Crippen LogP contribution in [0.3, 0.4) is 0 Å². The molecule has 0 aliphatic heterocycles. The van der Waals surface area contributed by atoms with Gasteiger partial charge in [-0.25, -0.2) is 0 Å². The lowest BCUT2D eigenvalue weighted by Gasteiger charge is -2.24. The minimum absolute atomic E-state index is 0.171. The molecule has 66 valence electrons. The molecule has 0 aliphatic carbocycles. The smallest absolute Gasteiger partial charge is 0.135 e. The SMILES string of the molecule is CCC(C)(CCOC)C(C)=O. The van der Waals surface area contributed by atoms with Crippen molar-refractivity contribution < 1.29 is 9.53 Å². The molecule has 0 saturated carbocycles. The van der Waals surface area contributed by atoms with E-state index in [9.17, 15) is 4.79 Å². The molecule has 0 bridgehead atoms. The van der Waals surface area contributed by atoms with Crippen molar-refractivity contribution in [2.24, 2.45) is 5.41 Å². The van der Waals surface area contributed by atoms with Gasteiger partial charge in [-0.2, -0.15) is 0 Å². The maximum absolute atomic E-state index is 11.1. The van der Waals surface area contributed by atoms with Crippen molar-refractivity contribution in [3.05, 3.63) is 0 Å². The van der Waals surface area contributed by atoms with Crippen molar-refractivity contribution in [2.75, 3.05) is 13.7 Å². The van der Waals surface area contributed by atoms with E-state index in [1.54, 1.807) is 14.0 Å². The summed E-state index contributed by atoms with van der Waals surface area (Å²) < 4.78 is 4.94. The number of hydrogen-bond donors (Lipinski definition) is 0. The summed E-state index contributed by atoms with van der Waals surface area (Å²) in [7, 11) is 1.66. The first-order valence-corrected chi connectivity index (χ1v) is 4.07. The number of carbonyl (C=O) groups excluding carboxylic acids is 1. The molecule has 2 nitrogen and oxygen atoms in total. The van der Waals surface area contributed by atoms with Crippen molar-refractivity contribution in [3.8, 4) is 0 Å². The van der Waals surface area contributed by atoms with Crippen LogP contribution in [0.2, 0.25) is 0 Å². The van der Waals surface area contributed by atoms with Crippen LogP contribution in [0.1, 0.15) is 33.6 Å². The molecular formula is C9H18O2. The molecule has 0 aromatic heterocycles. The van der Waals surface area contributed by atoms with Gasteiger partial charge < -0.3 is 4.74 Å². The highest BCUT2D eigenvalue weighted by Crippen LogP contribution is 2.26. The third-order valence-electron chi connectivity index (χ3n) is 2.49. The molecule has 0 saturated heterocycles. The second-order valence-electron chi connectivity index (χ2n) is 3.21. The van der Waals surface area contributed by atoms with Crippen LogP contribution in [0.25, 0.3) is 0 Å². The zero-order valence-corrected chi connectivity index (χ0v) is 7.94. The van der Waals surface area contributed by atoms with E-state index in [0.717, 1.165) is 12.8 Å². The zero-order valence-electron chi connectivity index (χ0n) is 7.94. The number of hydrogen-bond acceptors (Lipinski definition) is 2. The summed E-state index contributed by atoms with van der Waals surface area (Å²) in [5.41, 5.74) is -0.171. The number of ether oxygens (including phenoxy) is 1. The Hall–Kier alpha value is -0.370. The summed E-state index contributed by atoms with van der Waals surface area (Å²) in [6, 6.07) is 0. The van der Waals surface area contributed by atoms with Crippen LogP contribution in [0.4, 0.5) is 0 Å². The number of Topliss-reactive ketones (excluding diaryl/α,β-unsaturated/α-hetero) is 1. The van der Waals surface area contributed by atoms with Crippen LogP contribution < -0.4 is 0 Å². The Labute approximate surface area is 68.9 Å². The van der Waals surface area contributed by atoms with Gasteiger partial charge >= 0.3 is 0 Å². The monoisotopic (exact) mass is 158 g/mol. The molecule has 2 heteroatoms. The van der Waals surface area contributed by atoms with E-state index in [-0.39, 0.29) is 11.2 Å². The first-order chi connectivity index (χ1) is 5.06. The minimum atomic E-state index is -0.171. The third kappa shape index (κ3) is 3.02. The van der Waals surface area contributed by atoms with Gasteiger partial charge in [0.1, 0.15) is 5.78 Å². The Morgan fingerprint density at radius 1 is 1.55 bits per heavy atom. The maximum atomic E-state index is 11.1. The average molecular weight is 158 g/mol. The molecule has 0 amide bonds. The van der Waals surface area contributed by atoms with E-state index in [1.807, 2.05) is 13.8 Å². The molecule has 0 N–H and O–H groups in total. The van der Waals surface area contributed by atoms with E-state index in [4.69, 9.17) is 4.74 Å². The molecule has 0 aromatic carbocycles. The highest BCUT2D eigenvalue weighted by Gasteiger charge is 2.26. The lowest BCUT2D eigenvalue weighted by atomic mass is 9.81. The largest absolute Gasteiger partial charge is 0.385 e. The Morgan fingerprint density at radius 2 is 2.09 bits per heavy atom. The van der Waals surface area contributed by atoms with Crippen LogP contribution in [0.5, 0.6) is 0 Å². The van der Waals surface area contributed by atoms with Crippen LogP contribution in [-0.4, -0.2) is 19.5 Å². The number of rotatable bonds is 5. The van der Waals surface area contributed by atoms with E-state index in [0.29, 0.717) is 6.61 Å². The van der Waals surface area contributed by atoms with Gasteiger partial charge in [0.15, 0.2) is 0 Å². The summed E-state index contributed by atoms with van der Waals surface area (Å²) in [5, 5.41) is 0. The Bertz CT molecular complexity index is 132. The fourth-order valence-corrected chi connectivity index (χ4v) is 0.929. The molecule has 1 atom stereocenters. The summed E-state index contributed by atoms with van der Waals surface area (Å²) in [4.78, 5) is 11.1. The van der Waals surface area contributed by atoms with Crippen molar-refractivity contribution >= 4 is 5.78 Å². The Balaban J connectivity index is 3.99. The number of carbonyl (C=O) groups is 1. The van der Waals surface area contributed by atoms with Gasteiger partial charge in [-0.05, 0) is 19.8 Å². The molecule has 1 unspecified atom stereocenters. The van der Waals surface area contributed by atoms with Crippen molar-refractivity contribution in [1.29, 1.82) is 0 Å². The Morgan fingerprint density at radius 3 is 2.36 bits per heavy atom. The topological polar surface area (TPSA) is 26.3 Å².